The fourth-order valence-corrected chi connectivity index (χ4v) is 4.76. The molecule has 38 heavy (non-hydrogen) atoms. The number of aromatic nitrogens is 8. The molecule has 2 aliphatic rings. The van der Waals surface area contributed by atoms with Gasteiger partial charge in [-0.05, 0) is 38.0 Å². The Morgan fingerprint density at radius 1 is 1.05 bits per heavy atom. The highest BCUT2D eigenvalue weighted by Crippen LogP contribution is 2.40. The van der Waals surface area contributed by atoms with E-state index in [1.54, 1.807) is 29.3 Å². The summed E-state index contributed by atoms with van der Waals surface area (Å²) in [6.07, 6.45) is 5.56. The van der Waals surface area contributed by atoms with Crippen LogP contribution in [0, 0.1) is 12.7 Å². The molecule has 5 heterocycles. The van der Waals surface area contributed by atoms with Crippen LogP contribution >= 0.6 is 0 Å². The van der Waals surface area contributed by atoms with E-state index in [0.29, 0.717) is 47.4 Å². The molecule has 1 saturated carbocycles. The summed E-state index contributed by atoms with van der Waals surface area (Å²) in [4.78, 5) is 20.2. The van der Waals surface area contributed by atoms with E-state index in [2.05, 4.69) is 50.5 Å². The van der Waals surface area contributed by atoms with Gasteiger partial charge in [-0.15, -0.1) is 5.10 Å². The van der Waals surface area contributed by atoms with Gasteiger partial charge in [-0.1, -0.05) is 0 Å². The highest BCUT2D eigenvalue weighted by atomic mass is 19.1. The van der Waals surface area contributed by atoms with E-state index in [9.17, 15) is 0 Å². The molecular formula is C25H26FN11O. The first-order valence-electron chi connectivity index (χ1n) is 12.6. The predicted molar refractivity (Wildman–Crippen MR) is 139 cm³/mol. The second-order valence-corrected chi connectivity index (χ2v) is 9.65. The van der Waals surface area contributed by atoms with Crippen molar-refractivity contribution in [1.82, 2.24) is 40.0 Å². The zero-order valence-electron chi connectivity index (χ0n) is 20.7. The van der Waals surface area contributed by atoms with E-state index >= 15 is 4.39 Å². The topological polar surface area (TPSA) is 129 Å². The van der Waals surface area contributed by atoms with Gasteiger partial charge >= 0.3 is 6.01 Å². The number of benzene rings is 1. The molecule has 0 amide bonds. The number of aryl methyl sites for hydroxylation is 1. The number of halogens is 1. The summed E-state index contributed by atoms with van der Waals surface area (Å²) in [7, 11) is 0. The van der Waals surface area contributed by atoms with Gasteiger partial charge in [0.25, 0.3) is 0 Å². The quantitative estimate of drug-likeness (QED) is 0.298. The Hall–Kier alpha value is -4.68. The van der Waals surface area contributed by atoms with Crippen LogP contribution < -0.4 is 20.0 Å². The molecular weight excluding hydrogens is 489 g/mol. The number of anilines is 3. The molecule has 0 spiro atoms. The van der Waals surface area contributed by atoms with Crippen molar-refractivity contribution < 1.29 is 9.13 Å². The van der Waals surface area contributed by atoms with Crippen molar-refractivity contribution in [3.63, 3.8) is 0 Å². The fourth-order valence-electron chi connectivity index (χ4n) is 4.76. The molecule has 0 radical (unpaired) electrons. The first kappa shape index (κ1) is 22.5. The summed E-state index contributed by atoms with van der Waals surface area (Å²) >= 11 is 0. The van der Waals surface area contributed by atoms with Gasteiger partial charge < -0.3 is 19.9 Å². The second-order valence-electron chi connectivity index (χ2n) is 9.65. The van der Waals surface area contributed by atoms with Gasteiger partial charge in [0.2, 0.25) is 0 Å². The molecule has 1 aromatic carbocycles. The van der Waals surface area contributed by atoms with Crippen molar-refractivity contribution >= 4 is 28.4 Å². The zero-order valence-corrected chi connectivity index (χ0v) is 20.7. The van der Waals surface area contributed by atoms with Crippen LogP contribution in [0.5, 0.6) is 11.8 Å². The number of nitrogens with one attached hydrogen (secondary N) is 3. The lowest BCUT2D eigenvalue weighted by molar-refractivity contribution is 0.413. The third-order valence-corrected chi connectivity index (χ3v) is 6.88. The monoisotopic (exact) mass is 515 g/mol. The van der Waals surface area contributed by atoms with Crippen molar-refractivity contribution in [3.05, 3.63) is 60.2 Å². The van der Waals surface area contributed by atoms with Crippen LogP contribution in [0.1, 0.15) is 30.1 Å². The highest BCUT2D eigenvalue weighted by Gasteiger charge is 2.26. The Labute approximate surface area is 216 Å². The average Bonchev–Trinajstić information content (AvgIpc) is 3.28. The zero-order chi connectivity index (χ0) is 25.6. The molecule has 1 saturated heterocycles. The molecule has 5 aromatic rings. The van der Waals surface area contributed by atoms with Crippen LogP contribution in [0.4, 0.5) is 21.8 Å². The largest absolute Gasteiger partial charge is 0.421 e. The summed E-state index contributed by atoms with van der Waals surface area (Å²) in [5, 5.41) is 17.5. The van der Waals surface area contributed by atoms with Crippen LogP contribution in [0.3, 0.4) is 0 Å². The summed E-state index contributed by atoms with van der Waals surface area (Å²) in [5.74, 6) is 2.00. The maximum absolute atomic E-state index is 15.3. The standard InChI is InChI=1S/C25H26FN11O/c1-15-10-17-18(29-15)4-5-20(24(17)26)38-25-31-21(30-22-11-19(33-34-22)16-2-3-16)12-23(32-25)35-6-8-36(9-7-35)37-14-27-13-28-37/h4-5,10-14,16,29H,2-3,6-9H2,1H3,(H2,30,31,32,33,34). The fraction of sp³-hybridized carbons (Fsp3) is 0.320. The Morgan fingerprint density at radius 2 is 1.92 bits per heavy atom. The Kier molecular flexibility index (Phi) is 5.34. The average molecular weight is 516 g/mol. The van der Waals surface area contributed by atoms with E-state index in [0.717, 1.165) is 24.5 Å². The number of piperazine rings is 1. The molecule has 2 fully saturated rings. The Morgan fingerprint density at radius 3 is 2.71 bits per heavy atom. The molecule has 194 valence electrons. The van der Waals surface area contributed by atoms with Gasteiger partial charge in [-0.25, -0.2) is 9.37 Å². The molecule has 0 unspecified atom stereocenters. The van der Waals surface area contributed by atoms with Gasteiger partial charge in [0.15, 0.2) is 17.4 Å². The van der Waals surface area contributed by atoms with E-state index < -0.39 is 5.82 Å². The molecule has 4 aromatic heterocycles. The maximum Gasteiger partial charge on any atom is 0.326 e. The normalized spacial score (nSPS) is 15.8. The minimum Gasteiger partial charge on any atom is -0.421 e. The Balaban J connectivity index is 1.18. The van der Waals surface area contributed by atoms with E-state index in [1.807, 2.05) is 19.1 Å². The SMILES string of the molecule is Cc1cc2c(F)c(Oc3nc(Nc4cc(C5CC5)[nH]n4)cc(N4CCN(n5cncn5)CC4)n3)ccc2[nH]1. The van der Waals surface area contributed by atoms with Crippen molar-refractivity contribution in [1.29, 1.82) is 0 Å². The molecule has 7 rings (SSSR count). The predicted octanol–water partition coefficient (Wildman–Crippen LogP) is 3.59. The van der Waals surface area contributed by atoms with E-state index in [1.165, 1.54) is 19.2 Å². The lowest BCUT2D eigenvalue weighted by Gasteiger charge is -2.35. The highest BCUT2D eigenvalue weighted by molar-refractivity contribution is 5.82. The van der Waals surface area contributed by atoms with Gasteiger partial charge in [0, 0.05) is 53.4 Å². The lowest BCUT2D eigenvalue weighted by atomic mass is 10.2. The first-order valence-corrected chi connectivity index (χ1v) is 12.6. The van der Waals surface area contributed by atoms with Gasteiger partial charge in [0.05, 0.1) is 13.1 Å². The first-order chi connectivity index (χ1) is 18.6. The van der Waals surface area contributed by atoms with E-state index in [4.69, 9.17) is 4.74 Å². The summed E-state index contributed by atoms with van der Waals surface area (Å²) in [6, 6.07) is 9.04. The Bertz CT molecular complexity index is 1580. The van der Waals surface area contributed by atoms with Gasteiger partial charge in [0.1, 0.15) is 24.3 Å². The molecule has 3 N–H and O–H groups in total. The molecule has 1 aliphatic heterocycles. The number of H-pyrrole nitrogens is 2. The lowest BCUT2D eigenvalue weighted by Crippen LogP contribution is -2.51. The molecule has 0 bridgehead atoms. The van der Waals surface area contributed by atoms with E-state index in [-0.39, 0.29) is 11.8 Å². The maximum atomic E-state index is 15.3. The minimum absolute atomic E-state index is 0.0483. The summed E-state index contributed by atoms with van der Waals surface area (Å²) in [6.45, 7) is 4.75. The van der Waals surface area contributed by atoms with Crippen LogP contribution in [0.15, 0.2) is 43.0 Å². The minimum atomic E-state index is -0.460. The third-order valence-electron chi connectivity index (χ3n) is 6.88. The van der Waals surface area contributed by atoms with Crippen LogP contribution in [-0.2, 0) is 0 Å². The number of aromatic amines is 2. The molecule has 13 heteroatoms. The number of rotatable bonds is 7. The van der Waals surface area contributed by atoms with Crippen molar-refractivity contribution in [2.75, 3.05) is 41.4 Å². The second kappa shape index (κ2) is 9.01. The summed E-state index contributed by atoms with van der Waals surface area (Å²) < 4.78 is 21.2. The molecule has 1 aliphatic carbocycles. The number of hydrogen-bond donors (Lipinski definition) is 3. The van der Waals surface area contributed by atoms with Crippen molar-refractivity contribution in [3.8, 4) is 11.8 Å². The van der Waals surface area contributed by atoms with Crippen LogP contribution in [-0.4, -0.2) is 66.2 Å². The van der Waals surface area contributed by atoms with Gasteiger partial charge in [-0.2, -0.15) is 19.9 Å². The van der Waals surface area contributed by atoms with Crippen molar-refractivity contribution in [2.24, 2.45) is 0 Å². The smallest absolute Gasteiger partial charge is 0.326 e. The third kappa shape index (κ3) is 4.35. The number of hydrogen-bond acceptors (Lipinski definition) is 9. The van der Waals surface area contributed by atoms with Crippen LogP contribution in [0.25, 0.3) is 10.9 Å². The number of nitrogens with zero attached hydrogens (tertiary/aromatic N) is 8. The molecule has 12 nitrogen and oxygen atoms in total. The summed E-state index contributed by atoms with van der Waals surface area (Å²) in [5.41, 5.74) is 2.69. The van der Waals surface area contributed by atoms with Gasteiger partial charge in [-0.3, -0.25) is 10.1 Å². The van der Waals surface area contributed by atoms with Crippen LogP contribution in [0.2, 0.25) is 0 Å². The molecule has 0 atom stereocenters. The van der Waals surface area contributed by atoms with Crippen molar-refractivity contribution in [2.45, 2.75) is 25.7 Å². The number of fused-ring (bicyclic) bond motifs is 1. The number of ether oxygens (including phenoxy) is 1.